The molecule has 1 spiro atoms. The van der Waals surface area contributed by atoms with E-state index in [1.54, 1.807) is 32.0 Å². The number of benzene rings is 1. The molecule has 4 rings (SSSR count). The third kappa shape index (κ3) is 5.93. The van der Waals surface area contributed by atoms with Crippen molar-refractivity contribution in [3.63, 3.8) is 0 Å². The van der Waals surface area contributed by atoms with Gasteiger partial charge in [0.05, 0.1) is 16.8 Å². The summed E-state index contributed by atoms with van der Waals surface area (Å²) in [6.45, 7) is 9.95. The molecule has 0 unspecified atom stereocenters. The van der Waals surface area contributed by atoms with Crippen LogP contribution < -0.4 is 0 Å². The van der Waals surface area contributed by atoms with Gasteiger partial charge in [-0.1, -0.05) is 18.2 Å². The SMILES string of the molecule is CC(=O)O[C@H]1C[C@](C)(O)[C@]23C[C@H]([C@H](OC(=O)C(C)(C)O)[C@@H](OC(C)=O)[C@]2(COC(=O)c2ccccc2)[C@H]1OC(C)=O)C(C)(C)O3. The number of carbonyl (C=O) groups excluding carboxylic acids is 5. The molecule has 2 N–H and O–H groups in total. The van der Waals surface area contributed by atoms with Gasteiger partial charge < -0.3 is 38.6 Å². The largest absolute Gasteiger partial charge is 0.461 e. The number of esters is 5. The first-order valence-electron chi connectivity index (χ1n) is 14.8. The minimum absolute atomic E-state index is 0.0536. The van der Waals surface area contributed by atoms with Gasteiger partial charge in [-0.05, 0) is 53.2 Å². The third-order valence-electron chi connectivity index (χ3n) is 9.20. The second-order valence-electron chi connectivity index (χ2n) is 13.4. The van der Waals surface area contributed by atoms with E-state index in [9.17, 15) is 34.2 Å². The minimum Gasteiger partial charge on any atom is -0.461 e. The number of carbonyl (C=O) groups is 5. The smallest absolute Gasteiger partial charge is 0.338 e. The van der Waals surface area contributed by atoms with Gasteiger partial charge in [-0.25, -0.2) is 9.59 Å². The van der Waals surface area contributed by atoms with Gasteiger partial charge >= 0.3 is 29.8 Å². The maximum atomic E-state index is 13.4. The lowest BCUT2D eigenvalue weighted by atomic mass is 9.47. The highest BCUT2D eigenvalue weighted by atomic mass is 16.6. The molecule has 248 valence electrons. The monoisotopic (exact) mass is 634 g/mol. The van der Waals surface area contributed by atoms with Crippen LogP contribution in [0.4, 0.5) is 0 Å². The summed E-state index contributed by atoms with van der Waals surface area (Å²) in [7, 11) is 0. The zero-order valence-electron chi connectivity index (χ0n) is 26.8. The topological polar surface area (TPSA) is 181 Å². The van der Waals surface area contributed by atoms with Crippen molar-refractivity contribution in [1.29, 1.82) is 0 Å². The van der Waals surface area contributed by atoms with Crippen molar-refractivity contribution < 1.29 is 62.6 Å². The van der Waals surface area contributed by atoms with Crippen LogP contribution in [-0.2, 0) is 47.6 Å². The summed E-state index contributed by atoms with van der Waals surface area (Å²) in [6.07, 6.45) is -6.22. The molecule has 2 aliphatic carbocycles. The Bertz CT molecular complexity index is 1350. The normalized spacial score (nSPS) is 34.9. The van der Waals surface area contributed by atoms with E-state index in [2.05, 4.69) is 0 Å². The number of aliphatic hydroxyl groups is 2. The Hall–Kier alpha value is -3.55. The number of rotatable bonds is 8. The molecule has 13 heteroatoms. The van der Waals surface area contributed by atoms with Crippen LogP contribution in [0, 0.1) is 11.3 Å². The summed E-state index contributed by atoms with van der Waals surface area (Å²) in [6, 6.07) is 7.99. The molecule has 1 aromatic carbocycles. The van der Waals surface area contributed by atoms with Crippen molar-refractivity contribution >= 4 is 29.8 Å². The Labute approximate surface area is 261 Å². The number of hydrogen-bond acceptors (Lipinski definition) is 13. The van der Waals surface area contributed by atoms with Crippen LogP contribution in [0.15, 0.2) is 30.3 Å². The van der Waals surface area contributed by atoms with E-state index in [1.165, 1.54) is 32.9 Å². The van der Waals surface area contributed by atoms with E-state index >= 15 is 0 Å². The summed E-state index contributed by atoms with van der Waals surface area (Å²) in [5, 5.41) is 22.9. The van der Waals surface area contributed by atoms with Crippen LogP contribution in [0.5, 0.6) is 0 Å². The molecule has 3 aliphatic rings. The Morgan fingerprint density at radius 1 is 0.867 bits per heavy atom. The van der Waals surface area contributed by atoms with E-state index in [-0.39, 0.29) is 18.4 Å². The summed E-state index contributed by atoms with van der Waals surface area (Å²) in [5.41, 5.74) is -8.71. The molecule has 2 saturated carbocycles. The van der Waals surface area contributed by atoms with E-state index < -0.39 is 94.6 Å². The zero-order valence-corrected chi connectivity index (χ0v) is 26.8. The molecular weight excluding hydrogens is 592 g/mol. The molecule has 2 bridgehead atoms. The predicted molar refractivity (Wildman–Crippen MR) is 153 cm³/mol. The van der Waals surface area contributed by atoms with Crippen molar-refractivity contribution in [2.45, 2.75) is 115 Å². The van der Waals surface area contributed by atoms with Crippen LogP contribution in [0.3, 0.4) is 0 Å². The Morgan fingerprint density at radius 3 is 1.96 bits per heavy atom. The fourth-order valence-corrected chi connectivity index (χ4v) is 7.43. The second kappa shape index (κ2) is 11.7. The quantitative estimate of drug-likeness (QED) is 0.313. The molecule has 0 aromatic heterocycles. The van der Waals surface area contributed by atoms with Crippen LogP contribution in [0.1, 0.15) is 78.6 Å². The standard InChI is InChI=1S/C32H42O13/c1-17(33)41-22-15-30(8,39)32-14-21(29(6,7)45-32)23(44-27(37)28(4,5)38)25(43-19(3)35)31(32,24(22)42-18(2)34)16-40-26(36)20-12-10-9-11-13-20/h9-13,21-25,38-39H,14-16H2,1-8H3/t21-,22+,23+,24+,25-,30+,31+,32-/m1/s1. The molecule has 1 heterocycles. The first-order valence-corrected chi connectivity index (χ1v) is 14.8. The molecule has 1 aromatic rings. The molecule has 0 amide bonds. The molecule has 13 nitrogen and oxygen atoms in total. The highest BCUT2D eigenvalue weighted by Gasteiger charge is 2.84. The third-order valence-corrected chi connectivity index (χ3v) is 9.20. The van der Waals surface area contributed by atoms with E-state index in [4.69, 9.17) is 28.4 Å². The van der Waals surface area contributed by atoms with Crippen LogP contribution in [0.2, 0.25) is 0 Å². The molecular formula is C32H42O13. The van der Waals surface area contributed by atoms with E-state index in [1.807, 2.05) is 0 Å². The Morgan fingerprint density at radius 2 is 1.42 bits per heavy atom. The van der Waals surface area contributed by atoms with E-state index in [0.29, 0.717) is 0 Å². The lowest BCUT2D eigenvalue weighted by Crippen LogP contribution is -2.81. The van der Waals surface area contributed by atoms with Crippen molar-refractivity contribution in [2.75, 3.05) is 6.61 Å². The minimum atomic E-state index is -2.04. The molecule has 8 atom stereocenters. The summed E-state index contributed by atoms with van der Waals surface area (Å²) < 4.78 is 36.0. The maximum Gasteiger partial charge on any atom is 0.338 e. The van der Waals surface area contributed by atoms with Crippen molar-refractivity contribution in [3.8, 4) is 0 Å². The number of hydrogen-bond donors (Lipinski definition) is 2. The van der Waals surface area contributed by atoms with Gasteiger partial charge in [-0.15, -0.1) is 0 Å². The number of fused-ring (bicyclic) bond motifs is 1. The first kappa shape index (κ1) is 34.3. The molecule has 1 aliphatic heterocycles. The first-order chi connectivity index (χ1) is 20.7. The number of ether oxygens (including phenoxy) is 6. The van der Waals surface area contributed by atoms with E-state index in [0.717, 1.165) is 20.8 Å². The van der Waals surface area contributed by atoms with Crippen molar-refractivity contribution in [3.05, 3.63) is 35.9 Å². The van der Waals surface area contributed by atoms with Gasteiger partial charge in [0.25, 0.3) is 0 Å². The lowest BCUT2D eigenvalue weighted by molar-refractivity contribution is -0.344. The van der Waals surface area contributed by atoms with Gasteiger partial charge in [0.1, 0.15) is 29.8 Å². The molecule has 1 saturated heterocycles. The summed E-state index contributed by atoms with van der Waals surface area (Å²) in [5.74, 6) is -5.05. The zero-order chi connectivity index (χ0) is 33.8. The summed E-state index contributed by atoms with van der Waals surface area (Å²) >= 11 is 0. The predicted octanol–water partition coefficient (Wildman–Crippen LogP) is 2.03. The summed E-state index contributed by atoms with van der Waals surface area (Å²) in [4.78, 5) is 64.6. The van der Waals surface area contributed by atoms with Gasteiger partial charge in [-0.3, -0.25) is 14.4 Å². The average molecular weight is 635 g/mol. The van der Waals surface area contributed by atoms with Crippen LogP contribution in [0.25, 0.3) is 0 Å². The maximum absolute atomic E-state index is 13.4. The lowest BCUT2D eigenvalue weighted by Gasteiger charge is -2.65. The molecule has 45 heavy (non-hydrogen) atoms. The van der Waals surface area contributed by atoms with Crippen LogP contribution in [-0.4, -0.2) is 93.5 Å². The van der Waals surface area contributed by atoms with Gasteiger partial charge in [0.2, 0.25) is 0 Å². The van der Waals surface area contributed by atoms with Gasteiger partial charge in [-0.2, -0.15) is 0 Å². The average Bonchev–Trinajstić information content (AvgIpc) is 3.17. The Balaban J connectivity index is 2.05. The fraction of sp³-hybridized carbons (Fsp3) is 0.656. The van der Waals surface area contributed by atoms with Crippen molar-refractivity contribution in [1.82, 2.24) is 0 Å². The Kier molecular flexibility index (Phi) is 8.90. The van der Waals surface area contributed by atoms with Crippen LogP contribution >= 0.6 is 0 Å². The fourth-order valence-electron chi connectivity index (χ4n) is 7.43. The highest BCUT2D eigenvalue weighted by Crippen LogP contribution is 2.69. The highest BCUT2D eigenvalue weighted by molar-refractivity contribution is 5.89. The van der Waals surface area contributed by atoms with Gasteiger partial charge in [0.15, 0.2) is 17.8 Å². The van der Waals surface area contributed by atoms with Gasteiger partial charge in [0, 0.05) is 33.1 Å². The molecule has 3 fully saturated rings. The van der Waals surface area contributed by atoms with Crippen molar-refractivity contribution in [2.24, 2.45) is 11.3 Å². The second-order valence-corrected chi connectivity index (χ2v) is 13.4. The molecule has 0 radical (unpaired) electrons.